The predicted molar refractivity (Wildman–Crippen MR) is 109 cm³/mol. The SMILES string of the molecule is CCCN=C1NS(=O)(=O)c2cc(C(=O)Nc3ccc(C)cc3)c(Cl)cc2S1. The molecule has 1 aliphatic rings. The van der Waals surface area contributed by atoms with Gasteiger partial charge in [-0.1, -0.05) is 48.0 Å². The second-order valence-corrected chi connectivity index (χ2v) is 9.08. The summed E-state index contributed by atoms with van der Waals surface area (Å²) in [5, 5.41) is 3.21. The molecule has 0 spiro atoms. The Kier molecular flexibility index (Phi) is 5.78. The zero-order valence-corrected chi connectivity index (χ0v) is 17.1. The smallest absolute Gasteiger partial charge is 0.264 e. The van der Waals surface area contributed by atoms with Gasteiger partial charge in [0.2, 0.25) is 0 Å². The Morgan fingerprint density at radius 3 is 2.63 bits per heavy atom. The standard InChI is InChI=1S/C18H18ClN3O3S2/c1-3-8-20-18-22-27(24,25)16-9-13(14(19)10-15(16)26-18)17(23)21-12-6-4-11(2)5-7-12/h4-7,9-10H,3,8H2,1-2H3,(H,20,22)(H,21,23). The van der Waals surface area contributed by atoms with Gasteiger partial charge in [-0.15, -0.1) is 0 Å². The van der Waals surface area contributed by atoms with Crippen molar-refractivity contribution >= 4 is 50.1 Å². The molecule has 0 unspecified atom stereocenters. The number of carbonyl (C=O) groups is 1. The molecule has 0 fully saturated rings. The Balaban J connectivity index is 1.94. The maximum Gasteiger partial charge on any atom is 0.264 e. The summed E-state index contributed by atoms with van der Waals surface area (Å²) in [5.74, 6) is -0.475. The average Bonchev–Trinajstić information content (AvgIpc) is 2.60. The molecule has 0 radical (unpaired) electrons. The van der Waals surface area contributed by atoms with E-state index in [-0.39, 0.29) is 15.5 Å². The Labute approximate surface area is 167 Å². The van der Waals surface area contributed by atoms with E-state index < -0.39 is 15.9 Å². The highest BCUT2D eigenvalue weighted by Crippen LogP contribution is 2.36. The molecule has 0 atom stereocenters. The number of aliphatic imine (C=N–C) groups is 1. The molecule has 3 rings (SSSR count). The van der Waals surface area contributed by atoms with E-state index in [0.29, 0.717) is 22.3 Å². The summed E-state index contributed by atoms with van der Waals surface area (Å²) in [6, 6.07) is 10.1. The molecule has 0 aromatic heterocycles. The van der Waals surface area contributed by atoms with Crippen molar-refractivity contribution in [1.82, 2.24) is 4.72 Å². The van der Waals surface area contributed by atoms with Gasteiger partial charge in [0.25, 0.3) is 15.9 Å². The molecule has 1 heterocycles. The molecule has 2 aromatic rings. The molecule has 0 saturated heterocycles. The van der Waals surface area contributed by atoms with E-state index in [1.54, 1.807) is 12.1 Å². The maximum atomic E-state index is 12.6. The monoisotopic (exact) mass is 423 g/mol. The molecule has 0 bridgehead atoms. The van der Waals surface area contributed by atoms with Gasteiger partial charge in [0.15, 0.2) is 5.17 Å². The van der Waals surface area contributed by atoms with Gasteiger partial charge in [-0.2, -0.15) is 0 Å². The molecule has 9 heteroatoms. The van der Waals surface area contributed by atoms with E-state index in [4.69, 9.17) is 11.6 Å². The van der Waals surface area contributed by atoms with Crippen molar-refractivity contribution in [2.75, 3.05) is 11.9 Å². The van der Waals surface area contributed by atoms with Crippen LogP contribution in [0.25, 0.3) is 0 Å². The largest absolute Gasteiger partial charge is 0.322 e. The minimum Gasteiger partial charge on any atom is -0.322 e. The van der Waals surface area contributed by atoms with Gasteiger partial charge in [-0.05, 0) is 37.6 Å². The summed E-state index contributed by atoms with van der Waals surface area (Å²) >= 11 is 7.45. The van der Waals surface area contributed by atoms with Gasteiger partial charge in [-0.25, -0.2) is 8.42 Å². The minimum absolute atomic E-state index is 0.0152. The molecule has 2 aromatic carbocycles. The Morgan fingerprint density at radius 1 is 1.26 bits per heavy atom. The zero-order valence-electron chi connectivity index (χ0n) is 14.7. The number of sulfonamides is 1. The van der Waals surface area contributed by atoms with Crippen molar-refractivity contribution in [3.05, 3.63) is 52.5 Å². The second-order valence-electron chi connectivity index (χ2n) is 5.99. The first-order valence-electron chi connectivity index (χ1n) is 8.27. The number of benzene rings is 2. The number of nitrogens with one attached hydrogen (secondary N) is 2. The van der Waals surface area contributed by atoms with E-state index in [1.807, 2.05) is 26.0 Å². The Bertz CT molecular complexity index is 1020. The number of amides is 1. The highest BCUT2D eigenvalue weighted by Gasteiger charge is 2.30. The van der Waals surface area contributed by atoms with Gasteiger partial charge < -0.3 is 5.32 Å². The van der Waals surface area contributed by atoms with Crippen LogP contribution in [0.1, 0.15) is 29.3 Å². The van der Waals surface area contributed by atoms with Crippen molar-refractivity contribution in [3.8, 4) is 0 Å². The third-order valence-electron chi connectivity index (χ3n) is 3.78. The number of carbonyl (C=O) groups excluding carboxylic acids is 1. The number of hydrogen-bond donors (Lipinski definition) is 2. The highest BCUT2D eigenvalue weighted by molar-refractivity contribution is 8.16. The van der Waals surface area contributed by atoms with Crippen LogP contribution >= 0.6 is 23.4 Å². The molecule has 27 heavy (non-hydrogen) atoms. The van der Waals surface area contributed by atoms with Gasteiger partial charge in [0.05, 0.1) is 10.6 Å². The molecule has 0 saturated carbocycles. The molecule has 6 nitrogen and oxygen atoms in total. The van der Waals surface area contributed by atoms with Crippen LogP contribution in [0.4, 0.5) is 5.69 Å². The van der Waals surface area contributed by atoms with Crippen LogP contribution in [0, 0.1) is 6.92 Å². The summed E-state index contributed by atoms with van der Waals surface area (Å²) in [6.07, 6.45) is 0.803. The van der Waals surface area contributed by atoms with Crippen molar-refractivity contribution in [2.24, 2.45) is 4.99 Å². The van der Waals surface area contributed by atoms with Crippen LogP contribution in [0.5, 0.6) is 0 Å². The lowest BCUT2D eigenvalue weighted by molar-refractivity contribution is 0.102. The fourth-order valence-corrected chi connectivity index (χ4v) is 5.37. The number of thioether (sulfide) groups is 1. The molecule has 142 valence electrons. The lowest BCUT2D eigenvalue weighted by atomic mass is 10.2. The molecular formula is C18H18ClN3O3S2. The summed E-state index contributed by atoms with van der Waals surface area (Å²) in [5.41, 5.74) is 1.76. The van der Waals surface area contributed by atoms with E-state index in [0.717, 1.165) is 12.0 Å². The summed E-state index contributed by atoms with van der Waals surface area (Å²) < 4.78 is 27.5. The topological polar surface area (TPSA) is 87.6 Å². The van der Waals surface area contributed by atoms with Gasteiger partial charge >= 0.3 is 0 Å². The lowest BCUT2D eigenvalue weighted by Crippen LogP contribution is -2.33. The summed E-state index contributed by atoms with van der Waals surface area (Å²) in [4.78, 5) is 17.3. The Hall–Kier alpha value is -2.03. The van der Waals surface area contributed by atoms with Crippen molar-refractivity contribution in [3.63, 3.8) is 0 Å². The fraction of sp³-hybridized carbons (Fsp3) is 0.222. The zero-order chi connectivity index (χ0) is 19.6. The van der Waals surface area contributed by atoms with Crippen LogP contribution in [-0.2, 0) is 10.0 Å². The van der Waals surface area contributed by atoms with Crippen LogP contribution in [0.3, 0.4) is 0 Å². The third kappa shape index (κ3) is 4.45. The Morgan fingerprint density at radius 2 is 1.96 bits per heavy atom. The highest BCUT2D eigenvalue weighted by atomic mass is 35.5. The number of fused-ring (bicyclic) bond motifs is 1. The van der Waals surface area contributed by atoms with Gasteiger partial charge in [0, 0.05) is 17.1 Å². The van der Waals surface area contributed by atoms with E-state index in [1.165, 1.54) is 23.9 Å². The van der Waals surface area contributed by atoms with Gasteiger partial charge in [0.1, 0.15) is 4.90 Å². The average molecular weight is 424 g/mol. The van der Waals surface area contributed by atoms with Crippen molar-refractivity contribution in [1.29, 1.82) is 0 Å². The van der Waals surface area contributed by atoms with Crippen molar-refractivity contribution in [2.45, 2.75) is 30.1 Å². The molecule has 2 N–H and O–H groups in total. The lowest BCUT2D eigenvalue weighted by Gasteiger charge is -2.20. The van der Waals surface area contributed by atoms with E-state index in [2.05, 4.69) is 15.0 Å². The van der Waals surface area contributed by atoms with Crippen LogP contribution in [0.15, 0.2) is 51.2 Å². The number of rotatable bonds is 4. The summed E-state index contributed by atoms with van der Waals surface area (Å²) in [7, 11) is -3.81. The molecular weight excluding hydrogens is 406 g/mol. The maximum absolute atomic E-state index is 12.6. The number of hydrogen-bond acceptors (Lipinski definition) is 5. The first-order valence-corrected chi connectivity index (χ1v) is 10.9. The van der Waals surface area contributed by atoms with E-state index in [9.17, 15) is 13.2 Å². The van der Waals surface area contributed by atoms with Crippen molar-refractivity contribution < 1.29 is 13.2 Å². The summed E-state index contributed by atoms with van der Waals surface area (Å²) in [6.45, 7) is 4.42. The quantitative estimate of drug-likeness (QED) is 0.776. The number of aryl methyl sites for hydroxylation is 1. The number of anilines is 1. The second kappa shape index (κ2) is 7.92. The third-order valence-corrected chi connectivity index (χ3v) is 6.72. The first kappa shape index (κ1) is 19.7. The van der Waals surface area contributed by atoms with E-state index >= 15 is 0 Å². The predicted octanol–water partition coefficient (Wildman–Crippen LogP) is 4.05. The minimum atomic E-state index is -3.81. The first-order chi connectivity index (χ1) is 12.8. The molecule has 0 aliphatic carbocycles. The number of nitrogens with zero attached hydrogens (tertiary/aromatic N) is 1. The molecule has 1 aliphatic heterocycles. The molecule has 1 amide bonds. The number of halogens is 1. The number of amidine groups is 1. The van der Waals surface area contributed by atoms with Crippen LogP contribution < -0.4 is 10.0 Å². The van der Waals surface area contributed by atoms with Crippen LogP contribution in [-0.4, -0.2) is 26.0 Å². The normalized spacial score (nSPS) is 16.5. The van der Waals surface area contributed by atoms with Crippen LogP contribution in [0.2, 0.25) is 5.02 Å². The van der Waals surface area contributed by atoms with Gasteiger partial charge in [-0.3, -0.25) is 14.5 Å². The fourth-order valence-electron chi connectivity index (χ4n) is 2.41.